The zero-order chi connectivity index (χ0) is 15.1. The molecule has 1 amide bonds. The molecule has 0 radical (unpaired) electrons. The molecule has 1 atom stereocenters. The summed E-state index contributed by atoms with van der Waals surface area (Å²) in [5.74, 6) is 0.805. The van der Waals surface area contributed by atoms with E-state index < -0.39 is 0 Å². The largest absolute Gasteiger partial charge is 0.330 e. The van der Waals surface area contributed by atoms with Crippen LogP contribution in [-0.2, 0) is 4.79 Å². The lowest BCUT2D eigenvalue weighted by molar-refractivity contribution is -0.117. The second-order valence-electron chi connectivity index (χ2n) is 4.92. The fourth-order valence-electron chi connectivity index (χ4n) is 2.00. The highest BCUT2D eigenvalue weighted by Crippen LogP contribution is 2.15. The molecule has 3 N–H and O–H groups in total. The van der Waals surface area contributed by atoms with Crippen molar-refractivity contribution < 1.29 is 4.79 Å². The molecule has 0 aliphatic heterocycles. The molecular formula is C16H20N4O. The van der Waals surface area contributed by atoms with Gasteiger partial charge in [-0.15, -0.1) is 0 Å². The second-order valence-corrected chi connectivity index (χ2v) is 4.92. The summed E-state index contributed by atoms with van der Waals surface area (Å²) in [6.07, 6.45) is 4.56. The number of nitrogens with zero attached hydrogens (tertiary/aromatic N) is 2. The fraction of sp³-hybridized carbons (Fsp3) is 0.312. The molecule has 0 fully saturated rings. The third-order valence-electron chi connectivity index (χ3n) is 3.35. The van der Waals surface area contributed by atoms with Gasteiger partial charge in [0.2, 0.25) is 5.91 Å². The third kappa shape index (κ3) is 4.36. The zero-order valence-corrected chi connectivity index (χ0v) is 12.1. The Labute approximate surface area is 124 Å². The van der Waals surface area contributed by atoms with Crippen molar-refractivity contribution in [3.63, 3.8) is 0 Å². The minimum Gasteiger partial charge on any atom is -0.330 e. The van der Waals surface area contributed by atoms with E-state index in [0.29, 0.717) is 24.5 Å². The zero-order valence-electron chi connectivity index (χ0n) is 12.1. The topological polar surface area (TPSA) is 80.9 Å². The summed E-state index contributed by atoms with van der Waals surface area (Å²) in [7, 11) is 0. The summed E-state index contributed by atoms with van der Waals surface area (Å²) in [5.41, 5.74) is 7.16. The van der Waals surface area contributed by atoms with Gasteiger partial charge in [-0.2, -0.15) is 0 Å². The highest BCUT2D eigenvalue weighted by Gasteiger charge is 2.11. The molecule has 1 aromatic carbocycles. The summed E-state index contributed by atoms with van der Waals surface area (Å²) in [6.45, 7) is 2.55. The highest BCUT2D eigenvalue weighted by atomic mass is 16.1. The van der Waals surface area contributed by atoms with E-state index in [1.54, 1.807) is 12.4 Å². The highest BCUT2D eigenvalue weighted by molar-refractivity contribution is 5.90. The Balaban J connectivity index is 1.98. The Morgan fingerprint density at radius 1 is 1.24 bits per heavy atom. The van der Waals surface area contributed by atoms with Crippen molar-refractivity contribution in [1.82, 2.24) is 9.97 Å². The van der Waals surface area contributed by atoms with Gasteiger partial charge in [0.15, 0.2) is 5.82 Å². The van der Waals surface area contributed by atoms with Crippen LogP contribution in [-0.4, -0.2) is 22.4 Å². The molecule has 2 aromatic rings. The summed E-state index contributed by atoms with van der Waals surface area (Å²) in [4.78, 5) is 20.4. The number of benzene rings is 1. The van der Waals surface area contributed by atoms with Crippen molar-refractivity contribution in [2.75, 3.05) is 11.9 Å². The Kier molecular flexibility index (Phi) is 5.40. The number of nitrogens with one attached hydrogen (secondary N) is 1. The Morgan fingerprint density at radius 3 is 2.48 bits per heavy atom. The van der Waals surface area contributed by atoms with Gasteiger partial charge in [-0.3, -0.25) is 4.79 Å². The Bertz CT molecular complexity index is 565. The van der Waals surface area contributed by atoms with Gasteiger partial charge in [0.25, 0.3) is 0 Å². The van der Waals surface area contributed by atoms with Gasteiger partial charge in [-0.25, -0.2) is 9.97 Å². The number of rotatable bonds is 6. The van der Waals surface area contributed by atoms with Gasteiger partial charge >= 0.3 is 0 Å². The summed E-state index contributed by atoms with van der Waals surface area (Å²) < 4.78 is 0. The molecular weight excluding hydrogens is 264 g/mol. The molecule has 0 aliphatic carbocycles. The van der Waals surface area contributed by atoms with Crippen molar-refractivity contribution in [2.24, 2.45) is 11.7 Å². The summed E-state index contributed by atoms with van der Waals surface area (Å²) in [5, 5.41) is 2.80. The number of anilines is 1. The molecule has 5 nitrogen and oxygen atoms in total. The quantitative estimate of drug-likeness (QED) is 0.853. The van der Waals surface area contributed by atoms with Crippen LogP contribution in [0.1, 0.15) is 19.8 Å². The maximum Gasteiger partial charge on any atom is 0.224 e. The van der Waals surface area contributed by atoms with E-state index in [0.717, 1.165) is 12.0 Å². The molecule has 0 bridgehead atoms. The molecule has 1 unspecified atom stereocenters. The Morgan fingerprint density at radius 2 is 1.90 bits per heavy atom. The van der Waals surface area contributed by atoms with Crippen LogP contribution in [0.2, 0.25) is 0 Å². The van der Waals surface area contributed by atoms with Crippen molar-refractivity contribution in [3.05, 3.63) is 42.7 Å². The number of amides is 1. The number of aromatic nitrogens is 2. The monoisotopic (exact) mass is 284 g/mol. The van der Waals surface area contributed by atoms with Crippen LogP contribution in [0, 0.1) is 5.92 Å². The molecule has 0 saturated heterocycles. The predicted molar refractivity (Wildman–Crippen MR) is 83.6 cm³/mol. The van der Waals surface area contributed by atoms with Crippen molar-refractivity contribution >= 4 is 11.6 Å². The maximum atomic E-state index is 11.9. The first kappa shape index (κ1) is 15.1. The maximum absolute atomic E-state index is 11.9. The lowest BCUT2D eigenvalue weighted by Crippen LogP contribution is -2.21. The van der Waals surface area contributed by atoms with E-state index >= 15 is 0 Å². The van der Waals surface area contributed by atoms with Crippen molar-refractivity contribution in [2.45, 2.75) is 19.8 Å². The first-order valence-electron chi connectivity index (χ1n) is 7.10. The SMILES string of the molecule is CCC(CN)CC(=O)Nc1cnc(-c2ccccc2)nc1. The normalized spacial score (nSPS) is 11.9. The van der Waals surface area contributed by atoms with Gasteiger partial charge in [-0.1, -0.05) is 43.7 Å². The van der Waals surface area contributed by atoms with Crippen LogP contribution in [0.15, 0.2) is 42.7 Å². The van der Waals surface area contributed by atoms with Crippen molar-refractivity contribution in [3.8, 4) is 11.4 Å². The van der Waals surface area contributed by atoms with Crippen LogP contribution < -0.4 is 11.1 Å². The van der Waals surface area contributed by atoms with Crippen LogP contribution in [0.4, 0.5) is 5.69 Å². The molecule has 2 rings (SSSR count). The first-order valence-corrected chi connectivity index (χ1v) is 7.10. The third-order valence-corrected chi connectivity index (χ3v) is 3.35. The van der Waals surface area contributed by atoms with Crippen LogP contribution in [0.25, 0.3) is 11.4 Å². The van der Waals surface area contributed by atoms with Gasteiger partial charge in [0.1, 0.15) is 0 Å². The smallest absolute Gasteiger partial charge is 0.224 e. The molecule has 5 heteroatoms. The van der Waals surface area contributed by atoms with Gasteiger partial charge < -0.3 is 11.1 Å². The van der Waals surface area contributed by atoms with E-state index in [-0.39, 0.29) is 11.8 Å². The number of carbonyl (C=O) groups is 1. The first-order chi connectivity index (χ1) is 10.2. The minimum atomic E-state index is -0.0524. The predicted octanol–water partition coefficient (Wildman–Crippen LogP) is 2.46. The molecule has 21 heavy (non-hydrogen) atoms. The standard InChI is InChI=1S/C16H20N4O/c1-2-12(9-17)8-15(21)20-14-10-18-16(19-11-14)13-6-4-3-5-7-13/h3-7,10-12H,2,8-9,17H2,1H3,(H,20,21). The lowest BCUT2D eigenvalue weighted by atomic mass is 10.0. The molecule has 1 aromatic heterocycles. The van der Waals surface area contributed by atoms with E-state index in [1.165, 1.54) is 0 Å². The number of hydrogen-bond acceptors (Lipinski definition) is 4. The fourth-order valence-corrected chi connectivity index (χ4v) is 2.00. The average molecular weight is 284 g/mol. The van der Waals surface area contributed by atoms with E-state index in [4.69, 9.17) is 5.73 Å². The summed E-state index contributed by atoms with van der Waals surface area (Å²) in [6, 6.07) is 9.71. The van der Waals surface area contributed by atoms with E-state index in [1.807, 2.05) is 37.3 Å². The number of nitrogens with two attached hydrogens (primary N) is 1. The molecule has 0 saturated carbocycles. The van der Waals surface area contributed by atoms with Gasteiger partial charge in [0.05, 0.1) is 18.1 Å². The second kappa shape index (κ2) is 7.50. The molecule has 110 valence electrons. The minimum absolute atomic E-state index is 0.0524. The van der Waals surface area contributed by atoms with Gasteiger partial charge in [-0.05, 0) is 12.5 Å². The van der Waals surface area contributed by atoms with E-state index in [2.05, 4.69) is 15.3 Å². The Hall–Kier alpha value is -2.27. The number of carbonyl (C=O) groups excluding carboxylic acids is 1. The van der Waals surface area contributed by atoms with Gasteiger partial charge in [0, 0.05) is 12.0 Å². The van der Waals surface area contributed by atoms with Crippen molar-refractivity contribution in [1.29, 1.82) is 0 Å². The van der Waals surface area contributed by atoms with E-state index in [9.17, 15) is 4.79 Å². The number of hydrogen-bond donors (Lipinski definition) is 2. The average Bonchev–Trinajstić information content (AvgIpc) is 2.54. The van der Waals surface area contributed by atoms with Crippen LogP contribution in [0.5, 0.6) is 0 Å². The molecule has 0 aliphatic rings. The van der Waals surface area contributed by atoms with Crippen LogP contribution >= 0.6 is 0 Å². The lowest BCUT2D eigenvalue weighted by Gasteiger charge is -2.11. The molecule has 1 heterocycles. The van der Waals surface area contributed by atoms with Crippen LogP contribution in [0.3, 0.4) is 0 Å². The molecule has 0 spiro atoms. The summed E-state index contributed by atoms with van der Waals surface area (Å²) >= 11 is 0.